The van der Waals surface area contributed by atoms with Crippen LogP contribution >= 0.6 is 0 Å². The Balaban J connectivity index is 2.00. The predicted molar refractivity (Wildman–Crippen MR) is 97.8 cm³/mol. The van der Waals surface area contributed by atoms with Gasteiger partial charge in [-0.1, -0.05) is 18.2 Å². The lowest BCUT2D eigenvalue weighted by Gasteiger charge is -2.16. The first kappa shape index (κ1) is 20.5. The van der Waals surface area contributed by atoms with Crippen LogP contribution in [0.15, 0.2) is 54.6 Å². The summed E-state index contributed by atoms with van der Waals surface area (Å²) in [6.45, 7) is 0.442. The van der Waals surface area contributed by atoms with Gasteiger partial charge in [-0.15, -0.1) is 0 Å². The summed E-state index contributed by atoms with van der Waals surface area (Å²) in [5.74, 6) is -1.43. The van der Waals surface area contributed by atoms with E-state index in [1.807, 2.05) is 0 Å². The Kier molecular flexibility index (Phi) is 5.69. The monoisotopic (exact) mass is 407 g/mol. The summed E-state index contributed by atoms with van der Waals surface area (Å²) in [5, 5.41) is 4.16. The molecule has 0 saturated carbocycles. The number of hydrogen-bond donors (Lipinski definition) is 1. The first-order chi connectivity index (χ1) is 13.6. The Bertz CT molecular complexity index is 1020. The summed E-state index contributed by atoms with van der Waals surface area (Å²) in [6.07, 6.45) is -6.51. The average Bonchev–Trinajstić information content (AvgIpc) is 3.11. The summed E-state index contributed by atoms with van der Waals surface area (Å²) in [7, 11) is 0. The predicted octanol–water partition coefficient (Wildman–Crippen LogP) is 4.24. The number of primary amides is 1. The molecule has 29 heavy (non-hydrogen) atoms. The van der Waals surface area contributed by atoms with Gasteiger partial charge < -0.3 is 10.5 Å². The van der Waals surface area contributed by atoms with Gasteiger partial charge in [-0.25, -0.2) is 9.07 Å². The lowest BCUT2D eigenvalue weighted by Crippen LogP contribution is -2.28. The van der Waals surface area contributed by atoms with Crippen molar-refractivity contribution < 1.29 is 27.1 Å². The summed E-state index contributed by atoms with van der Waals surface area (Å²) >= 11 is 0. The number of aromatic nitrogens is 2. The standard InChI is InChI=1S/C20H17F4N3O2/c1-12(20(22,23)24)29-11-13-7-14(9-15(21)8-13)18-10-17(19(25)28)26-27(18)16-5-3-2-4-6-16/h2-10,12H,11H2,1H3,(H2,25,28)/t12-/m1/s1. The minimum atomic E-state index is -4.52. The lowest BCUT2D eigenvalue weighted by molar-refractivity contribution is -0.217. The molecular weight excluding hydrogens is 390 g/mol. The highest BCUT2D eigenvalue weighted by Crippen LogP contribution is 2.28. The molecule has 2 aromatic carbocycles. The molecule has 1 heterocycles. The van der Waals surface area contributed by atoms with E-state index in [1.54, 1.807) is 30.3 Å². The van der Waals surface area contributed by atoms with E-state index in [9.17, 15) is 22.4 Å². The fourth-order valence-electron chi connectivity index (χ4n) is 2.67. The van der Waals surface area contributed by atoms with Crippen LogP contribution in [0.25, 0.3) is 16.9 Å². The number of hydrogen-bond acceptors (Lipinski definition) is 3. The molecule has 152 valence electrons. The van der Waals surface area contributed by atoms with Crippen molar-refractivity contribution in [2.45, 2.75) is 25.8 Å². The first-order valence-corrected chi connectivity index (χ1v) is 8.58. The van der Waals surface area contributed by atoms with Crippen LogP contribution in [0, 0.1) is 5.82 Å². The number of carbonyl (C=O) groups excluding carboxylic acids is 1. The van der Waals surface area contributed by atoms with Gasteiger partial charge in [0.15, 0.2) is 11.8 Å². The first-order valence-electron chi connectivity index (χ1n) is 8.58. The summed E-state index contributed by atoms with van der Waals surface area (Å²) in [6, 6.07) is 13.9. The molecule has 0 bridgehead atoms. The fourth-order valence-corrected chi connectivity index (χ4v) is 2.67. The van der Waals surface area contributed by atoms with Crippen LogP contribution in [0.3, 0.4) is 0 Å². The van der Waals surface area contributed by atoms with E-state index in [0.29, 0.717) is 16.9 Å². The highest BCUT2D eigenvalue weighted by atomic mass is 19.4. The van der Waals surface area contributed by atoms with Crippen molar-refractivity contribution in [2.24, 2.45) is 5.73 Å². The minimum absolute atomic E-state index is 0.0309. The van der Waals surface area contributed by atoms with E-state index in [2.05, 4.69) is 5.10 Å². The zero-order chi connectivity index (χ0) is 21.2. The quantitative estimate of drug-likeness (QED) is 0.622. The van der Waals surface area contributed by atoms with Crippen molar-refractivity contribution in [2.75, 3.05) is 0 Å². The molecule has 0 aliphatic rings. The van der Waals surface area contributed by atoms with Crippen LogP contribution in [0.4, 0.5) is 17.6 Å². The Morgan fingerprint density at radius 2 is 1.86 bits per heavy atom. The van der Waals surface area contributed by atoms with Gasteiger partial charge in [0.1, 0.15) is 5.82 Å². The Morgan fingerprint density at radius 1 is 1.17 bits per heavy atom. The van der Waals surface area contributed by atoms with Gasteiger partial charge in [0.25, 0.3) is 5.91 Å². The molecule has 0 fully saturated rings. The van der Waals surface area contributed by atoms with Gasteiger partial charge in [-0.3, -0.25) is 4.79 Å². The molecule has 0 aliphatic heterocycles. The zero-order valence-electron chi connectivity index (χ0n) is 15.3. The molecule has 0 aliphatic carbocycles. The van der Waals surface area contributed by atoms with Crippen LogP contribution < -0.4 is 5.73 Å². The van der Waals surface area contributed by atoms with Gasteiger partial charge in [0.05, 0.1) is 18.0 Å². The number of rotatable bonds is 6. The highest BCUT2D eigenvalue weighted by molar-refractivity contribution is 5.92. The summed E-state index contributed by atoms with van der Waals surface area (Å²) < 4.78 is 58.3. The number of para-hydroxylation sites is 1. The topological polar surface area (TPSA) is 70.1 Å². The molecule has 0 radical (unpaired) electrons. The maximum Gasteiger partial charge on any atom is 0.414 e. The number of amides is 1. The van der Waals surface area contributed by atoms with Crippen LogP contribution in [0.5, 0.6) is 0 Å². The second kappa shape index (κ2) is 8.04. The van der Waals surface area contributed by atoms with Gasteiger partial charge in [-0.05, 0) is 48.9 Å². The van der Waals surface area contributed by atoms with Crippen molar-refractivity contribution in [3.63, 3.8) is 0 Å². The van der Waals surface area contributed by atoms with E-state index >= 15 is 0 Å². The Hall–Kier alpha value is -3.20. The number of halogens is 4. The highest BCUT2D eigenvalue weighted by Gasteiger charge is 2.36. The molecule has 0 unspecified atom stereocenters. The third kappa shape index (κ3) is 4.80. The number of carbonyl (C=O) groups is 1. The number of benzene rings is 2. The van der Waals surface area contributed by atoms with Crippen LogP contribution in [-0.4, -0.2) is 28.0 Å². The van der Waals surface area contributed by atoms with Gasteiger partial charge in [0.2, 0.25) is 0 Å². The van der Waals surface area contributed by atoms with Crippen molar-refractivity contribution >= 4 is 5.91 Å². The van der Waals surface area contributed by atoms with Crippen molar-refractivity contribution in [1.82, 2.24) is 9.78 Å². The third-order valence-corrected chi connectivity index (χ3v) is 4.18. The maximum atomic E-state index is 14.2. The molecule has 0 saturated heterocycles. The molecule has 1 aromatic heterocycles. The lowest BCUT2D eigenvalue weighted by atomic mass is 10.1. The van der Waals surface area contributed by atoms with Crippen molar-refractivity contribution in [3.05, 3.63) is 71.7 Å². The normalized spacial score (nSPS) is 12.7. The second-order valence-corrected chi connectivity index (χ2v) is 6.37. The van der Waals surface area contributed by atoms with Crippen LogP contribution in [-0.2, 0) is 11.3 Å². The van der Waals surface area contributed by atoms with E-state index in [1.165, 1.54) is 22.9 Å². The number of nitrogens with two attached hydrogens (primary N) is 1. The van der Waals surface area contributed by atoms with Gasteiger partial charge >= 0.3 is 6.18 Å². The van der Waals surface area contributed by atoms with Crippen LogP contribution in [0.2, 0.25) is 0 Å². The SMILES string of the molecule is C[C@@H](OCc1cc(F)cc(-c2cc(C(N)=O)nn2-c2ccccc2)c1)C(F)(F)F. The summed E-state index contributed by atoms with van der Waals surface area (Å²) in [4.78, 5) is 11.6. The van der Waals surface area contributed by atoms with E-state index in [-0.39, 0.29) is 11.3 Å². The fraction of sp³-hybridized carbons (Fsp3) is 0.200. The van der Waals surface area contributed by atoms with E-state index in [0.717, 1.165) is 13.0 Å². The van der Waals surface area contributed by atoms with Crippen LogP contribution in [0.1, 0.15) is 23.0 Å². The smallest absolute Gasteiger partial charge is 0.364 e. The molecule has 2 N–H and O–H groups in total. The molecule has 5 nitrogen and oxygen atoms in total. The molecular formula is C20H17F4N3O2. The minimum Gasteiger partial charge on any atom is -0.364 e. The number of ether oxygens (including phenoxy) is 1. The average molecular weight is 407 g/mol. The van der Waals surface area contributed by atoms with Crippen molar-refractivity contribution in [1.29, 1.82) is 0 Å². The zero-order valence-corrected chi connectivity index (χ0v) is 15.3. The Morgan fingerprint density at radius 3 is 2.48 bits per heavy atom. The maximum absolute atomic E-state index is 14.2. The third-order valence-electron chi connectivity index (χ3n) is 4.18. The van der Waals surface area contributed by atoms with Gasteiger partial charge in [-0.2, -0.15) is 18.3 Å². The van der Waals surface area contributed by atoms with Gasteiger partial charge in [0, 0.05) is 5.56 Å². The largest absolute Gasteiger partial charge is 0.414 e. The van der Waals surface area contributed by atoms with E-state index < -0.39 is 30.6 Å². The number of alkyl halides is 3. The number of nitrogens with zero attached hydrogens (tertiary/aromatic N) is 2. The molecule has 3 rings (SSSR count). The van der Waals surface area contributed by atoms with Crippen molar-refractivity contribution in [3.8, 4) is 16.9 Å². The second-order valence-electron chi connectivity index (χ2n) is 6.37. The molecule has 1 atom stereocenters. The molecule has 1 amide bonds. The molecule has 0 spiro atoms. The Labute approximate surface area is 163 Å². The summed E-state index contributed by atoms with van der Waals surface area (Å²) in [5.41, 5.74) is 6.76. The molecule has 3 aromatic rings. The molecule has 9 heteroatoms. The van der Waals surface area contributed by atoms with E-state index in [4.69, 9.17) is 10.5 Å².